The molecule has 9 heavy (non-hydrogen) atoms. The summed E-state index contributed by atoms with van der Waals surface area (Å²) in [6, 6.07) is 0.495. The summed E-state index contributed by atoms with van der Waals surface area (Å²) in [5, 5.41) is 6.41. The van der Waals surface area contributed by atoms with Gasteiger partial charge in [0.25, 0.3) is 0 Å². The highest BCUT2D eigenvalue weighted by Crippen LogP contribution is 2.01. The van der Waals surface area contributed by atoms with Crippen molar-refractivity contribution in [1.82, 2.24) is 10.6 Å². The van der Waals surface area contributed by atoms with E-state index < -0.39 is 0 Å². The molecule has 0 bridgehead atoms. The van der Waals surface area contributed by atoms with Crippen LogP contribution in [0.25, 0.3) is 0 Å². The fraction of sp³-hybridized carbons (Fsp3) is 1.00. The van der Waals surface area contributed by atoms with Crippen LogP contribution in [0.2, 0.25) is 0 Å². The van der Waals surface area contributed by atoms with E-state index in [2.05, 4.69) is 10.6 Å². The van der Waals surface area contributed by atoms with Crippen LogP contribution in [0.3, 0.4) is 0 Å². The largest absolute Gasteiger partial charge is 0.378 e. The van der Waals surface area contributed by atoms with Crippen molar-refractivity contribution in [3.05, 3.63) is 0 Å². The van der Waals surface area contributed by atoms with Crippen LogP contribution >= 0.6 is 0 Å². The molecule has 0 aliphatic carbocycles. The van der Waals surface area contributed by atoms with Crippen LogP contribution in [0.15, 0.2) is 0 Å². The number of methoxy groups -OCH3 is 1. The molecule has 1 aliphatic rings. The molecular weight excluding hydrogens is 116 g/mol. The lowest BCUT2D eigenvalue weighted by molar-refractivity contribution is 0.0987. The van der Waals surface area contributed by atoms with Crippen LogP contribution in [0.4, 0.5) is 0 Å². The molecule has 0 spiro atoms. The van der Waals surface area contributed by atoms with Crippen LogP contribution in [0, 0.1) is 0 Å². The van der Waals surface area contributed by atoms with E-state index in [9.17, 15) is 0 Å². The maximum Gasteiger partial charge on any atom is 0.0860 e. The average molecular weight is 130 g/mol. The quantitative estimate of drug-likeness (QED) is 0.513. The summed E-state index contributed by atoms with van der Waals surface area (Å²) in [7, 11) is 3.71. The van der Waals surface area contributed by atoms with Gasteiger partial charge in [-0.3, -0.25) is 0 Å². The minimum absolute atomic E-state index is 0.356. The van der Waals surface area contributed by atoms with Gasteiger partial charge in [0, 0.05) is 26.2 Å². The fourth-order valence-electron chi connectivity index (χ4n) is 1.19. The maximum atomic E-state index is 5.19. The Morgan fingerprint density at radius 3 is 2.78 bits per heavy atom. The average Bonchev–Trinajstić information content (AvgIpc) is 2.33. The van der Waals surface area contributed by atoms with Gasteiger partial charge in [0.05, 0.1) is 6.10 Å². The molecule has 2 unspecified atom stereocenters. The smallest absolute Gasteiger partial charge is 0.0860 e. The summed E-state index contributed by atoms with van der Waals surface area (Å²) in [6.45, 7) is 2.00. The SMILES string of the molecule is CNC1CNCC1OC. The molecule has 0 aromatic heterocycles. The van der Waals surface area contributed by atoms with Gasteiger partial charge in [0.2, 0.25) is 0 Å². The molecule has 1 heterocycles. The highest BCUT2D eigenvalue weighted by molar-refractivity contribution is 4.86. The lowest BCUT2D eigenvalue weighted by Gasteiger charge is -2.14. The maximum absolute atomic E-state index is 5.19. The molecule has 3 heteroatoms. The molecule has 1 fully saturated rings. The Morgan fingerprint density at radius 1 is 1.56 bits per heavy atom. The van der Waals surface area contributed by atoms with Gasteiger partial charge in [-0.2, -0.15) is 0 Å². The zero-order valence-corrected chi connectivity index (χ0v) is 5.98. The standard InChI is InChI=1S/C6H14N2O/c1-7-5-3-8-4-6(5)9-2/h5-8H,3-4H2,1-2H3. The molecule has 3 nitrogen and oxygen atoms in total. The summed E-state index contributed by atoms with van der Waals surface area (Å²) in [5.41, 5.74) is 0. The Kier molecular flexibility index (Phi) is 2.45. The molecule has 0 radical (unpaired) electrons. The van der Waals surface area contributed by atoms with Crippen LogP contribution in [0.5, 0.6) is 0 Å². The van der Waals surface area contributed by atoms with Crippen molar-refractivity contribution in [2.75, 3.05) is 27.2 Å². The number of ether oxygens (including phenoxy) is 1. The van der Waals surface area contributed by atoms with Crippen LogP contribution < -0.4 is 10.6 Å². The highest BCUT2D eigenvalue weighted by atomic mass is 16.5. The van der Waals surface area contributed by atoms with Gasteiger partial charge in [-0.25, -0.2) is 0 Å². The fourth-order valence-corrected chi connectivity index (χ4v) is 1.19. The van der Waals surface area contributed by atoms with Crippen LogP contribution in [0.1, 0.15) is 0 Å². The van der Waals surface area contributed by atoms with E-state index in [0.29, 0.717) is 12.1 Å². The minimum atomic E-state index is 0.356. The minimum Gasteiger partial charge on any atom is -0.378 e. The van der Waals surface area contributed by atoms with Gasteiger partial charge >= 0.3 is 0 Å². The predicted molar refractivity (Wildman–Crippen MR) is 36.5 cm³/mol. The highest BCUT2D eigenvalue weighted by Gasteiger charge is 2.24. The van der Waals surface area contributed by atoms with Crippen LogP contribution in [-0.2, 0) is 4.74 Å². The number of nitrogens with one attached hydrogen (secondary N) is 2. The molecule has 0 aromatic rings. The Morgan fingerprint density at radius 2 is 2.33 bits per heavy atom. The zero-order chi connectivity index (χ0) is 6.69. The Hall–Kier alpha value is -0.120. The Balaban J connectivity index is 2.32. The molecule has 0 amide bonds. The van der Waals surface area contributed by atoms with E-state index in [1.807, 2.05) is 7.05 Å². The third-order valence-electron chi connectivity index (χ3n) is 1.83. The molecule has 54 valence electrons. The Bertz CT molecular complexity index is 77.1. The molecule has 1 rings (SSSR count). The van der Waals surface area contributed by atoms with Crippen molar-refractivity contribution in [1.29, 1.82) is 0 Å². The van der Waals surface area contributed by atoms with Gasteiger partial charge in [0.1, 0.15) is 0 Å². The normalized spacial score (nSPS) is 35.3. The first-order valence-electron chi connectivity index (χ1n) is 3.29. The lowest BCUT2D eigenvalue weighted by atomic mass is 10.2. The van der Waals surface area contributed by atoms with E-state index in [4.69, 9.17) is 4.74 Å². The van der Waals surface area contributed by atoms with Crippen molar-refractivity contribution >= 4 is 0 Å². The number of hydrogen-bond donors (Lipinski definition) is 2. The number of rotatable bonds is 2. The van der Waals surface area contributed by atoms with E-state index >= 15 is 0 Å². The predicted octanol–water partition coefficient (Wildman–Crippen LogP) is -0.807. The zero-order valence-electron chi connectivity index (χ0n) is 5.98. The summed E-state index contributed by atoms with van der Waals surface area (Å²) >= 11 is 0. The molecule has 1 saturated heterocycles. The first-order valence-corrected chi connectivity index (χ1v) is 3.29. The molecule has 0 aromatic carbocycles. The van der Waals surface area contributed by atoms with Gasteiger partial charge in [-0.15, -0.1) is 0 Å². The third-order valence-corrected chi connectivity index (χ3v) is 1.83. The van der Waals surface area contributed by atoms with Gasteiger partial charge < -0.3 is 15.4 Å². The van der Waals surface area contributed by atoms with Gasteiger partial charge in [0.15, 0.2) is 0 Å². The third kappa shape index (κ3) is 1.41. The lowest BCUT2D eigenvalue weighted by Crippen LogP contribution is -2.37. The monoisotopic (exact) mass is 130 g/mol. The van der Waals surface area contributed by atoms with Gasteiger partial charge in [-0.05, 0) is 7.05 Å². The first kappa shape index (κ1) is 6.99. The molecule has 2 atom stereocenters. The second-order valence-corrected chi connectivity index (χ2v) is 2.33. The summed E-state index contributed by atoms with van der Waals surface area (Å²) in [4.78, 5) is 0. The first-order chi connectivity index (χ1) is 4.38. The van der Waals surface area contributed by atoms with Crippen molar-refractivity contribution in [3.8, 4) is 0 Å². The molecule has 2 N–H and O–H groups in total. The van der Waals surface area contributed by atoms with Crippen molar-refractivity contribution in [3.63, 3.8) is 0 Å². The van der Waals surface area contributed by atoms with Crippen molar-refractivity contribution in [2.45, 2.75) is 12.1 Å². The summed E-state index contributed by atoms with van der Waals surface area (Å²) in [5.74, 6) is 0. The van der Waals surface area contributed by atoms with Crippen molar-refractivity contribution < 1.29 is 4.74 Å². The van der Waals surface area contributed by atoms with Gasteiger partial charge in [-0.1, -0.05) is 0 Å². The summed E-state index contributed by atoms with van der Waals surface area (Å²) < 4.78 is 5.19. The topological polar surface area (TPSA) is 33.3 Å². The van der Waals surface area contributed by atoms with E-state index in [1.54, 1.807) is 7.11 Å². The van der Waals surface area contributed by atoms with E-state index in [-0.39, 0.29) is 0 Å². The molecule has 0 saturated carbocycles. The second-order valence-electron chi connectivity index (χ2n) is 2.33. The molecule has 1 aliphatic heterocycles. The van der Waals surface area contributed by atoms with Crippen molar-refractivity contribution in [2.24, 2.45) is 0 Å². The van der Waals surface area contributed by atoms with E-state index in [1.165, 1.54) is 0 Å². The summed E-state index contributed by atoms with van der Waals surface area (Å²) in [6.07, 6.45) is 0.356. The Labute approximate surface area is 55.8 Å². The second kappa shape index (κ2) is 3.15. The van der Waals surface area contributed by atoms with E-state index in [0.717, 1.165) is 13.1 Å². The number of hydrogen-bond acceptors (Lipinski definition) is 3. The molecular formula is C6H14N2O. The number of likely N-dealkylation sites (N-methyl/N-ethyl adjacent to an activating group) is 1. The van der Waals surface area contributed by atoms with Crippen LogP contribution in [-0.4, -0.2) is 39.4 Å².